The number of aliphatic hydroxyl groups excluding tert-OH is 1. The fraction of sp³-hybridized carbons (Fsp3) is 0.958. The molecule has 0 aromatic rings. The fourth-order valence-corrected chi connectivity index (χ4v) is 8.63. The van der Waals surface area contributed by atoms with Gasteiger partial charge in [-0.05, 0) is 119 Å². The van der Waals surface area contributed by atoms with Crippen molar-refractivity contribution in [2.24, 2.45) is 40.9 Å². The molecule has 0 aromatic carbocycles. The summed E-state index contributed by atoms with van der Waals surface area (Å²) in [6.45, 7) is 5.49. The van der Waals surface area contributed by atoms with Gasteiger partial charge in [-0.15, -0.1) is 0 Å². The van der Waals surface area contributed by atoms with E-state index < -0.39 is 0 Å². The minimum absolute atomic E-state index is 0.0317. The molecule has 1 heterocycles. The smallest absolute Gasteiger partial charge is 0.150 e. The molecule has 27 heavy (non-hydrogen) atoms. The van der Waals surface area contributed by atoms with Crippen molar-refractivity contribution < 1.29 is 9.90 Å². The molecule has 0 amide bonds. The van der Waals surface area contributed by atoms with Crippen LogP contribution in [0.25, 0.3) is 0 Å². The molecule has 152 valence electrons. The second-order valence-electron chi connectivity index (χ2n) is 11.0. The molecule has 1 aliphatic heterocycles. The third-order valence-corrected chi connectivity index (χ3v) is 9.89. The highest BCUT2D eigenvalue weighted by molar-refractivity contribution is 5.84. The minimum Gasteiger partial charge on any atom is -0.393 e. The van der Waals surface area contributed by atoms with Crippen molar-refractivity contribution >= 4 is 5.78 Å². The quantitative estimate of drug-likeness (QED) is 0.803. The van der Waals surface area contributed by atoms with Gasteiger partial charge in [0.15, 0.2) is 0 Å². The maximum Gasteiger partial charge on any atom is 0.150 e. The molecular formula is C24H39NO2. The van der Waals surface area contributed by atoms with Crippen molar-refractivity contribution in [2.75, 3.05) is 19.6 Å². The molecule has 3 heteroatoms. The van der Waals surface area contributed by atoms with Gasteiger partial charge in [-0.2, -0.15) is 0 Å². The third-order valence-electron chi connectivity index (χ3n) is 9.89. The van der Waals surface area contributed by atoms with E-state index in [0.717, 1.165) is 68.5 Å². The molecular weight excluding hydrogens is 334 g/mol. The number of carbonyl (C=O) groups is 1. The first-order valence-electron chi connectivity index (χ1n) is 12.0. The van der Waals surface area contributed by atoms with E-state index in [4.69, 9.17) is 0 Å². The Morgan fingerprint density at radius 1 is 0.963 bits per heavy atom. The summed E-state index contributed by atoms with van der Waals surface area (Å²) in [5.41, 5.74) is 0.277. The van der Waals surface area contributed by atoms with Gasteiger partial charge in [-0.25, -0.2) is 0 Å². The van der Waals surface area contributed by atoms with Crippen molar-refractivity contribution in [3.8, 4) is 0 Å². The normalized spacial score (nSPS) is 50.1. The molecule has 1 N–H and O–H groups in total. The first-order chi connectivity index (χ1) is 13.1. The Balaban J connectivity index is 1.30. The number of aliphatic hydroxyl groups is 1. The van der Waals surface area contributed by atoms with Crippen LogP contribution in [0.15, 0.2) is 0 Å². The van der Waals surface area contributed by atoms with Crippen LogP contribution in [0.4, 0.5) is 0 Å². The van der Waals surface area contributed by atoms with Gasteiger partial charge in [0.2, 0.25) is 0 Å². The molecule has 3 nitrogen and oxygen atoms in total. The maximum absolute atomic E-state index is 13.2. The van der Waals surface area contributed by atoms with Gasteiger partial charge < -0.3 is 5.11 Å². The van der Waals surface area contributed by atoms with Gasteiger partial charge >= 0.3 is 0 Å². The standard InChI is InChI=1S/C24H39NO2/c1-24-11-10-19-18-7-5-17(26)14-16(18)4-6-20(19)21(24)8-9-22(24)23(27)15-25-12-2-3-13-25/h16-22,26H,2-15H2,1H3. The van der Waals surface area contributed by atoms with Crippen molar-refractivity contribution in [3.63, 3.8) is 0 Å². The van der Waals surface area contributed by atoms with Crippen LogP contribution in [-0.4, -0.2) is 41.5 Å². The number of Topliss-reactive ketones (excluding diaryl/α,β-unsaturated/α-hetero) is 1. The second kappa shape index (κ2) is 7.13. The Morgan fingerprint density at radius 3 is 2.56 bits per heavy atom. The molecule has 8 unspecified atom stereocenters. The van der Waals surface area contributed by atoms with Crippen molar-refractivity contribution in [2.45, 2.75) is 83.7 Å². The molecule has 0 bridgehead atoms. The number of fused-ring (bicyclic) bond motifs is 5. The lowest BCUT2D eigenvalue weighted by atomic mass is 9.49. The van der Waals surface area contributed by atoms with Crippen LogP contribution < -0.4 is 0 Å². The molecule has 1 saturated heterocycles. The summed E-state index contributed by atoms with van der Waals surface area (Å²) in [6, 6.07) is 0. The van der Waals surface area contributed by atoms with E-state index in [9.17, 15) is 9.90 Å². The highest BCUT2D eigenvalue weighted by Crippen LogP contribution is 2.64. The van der Waals surface area contributed by atoms with E-state index in [1.54, 1.807) is 0 Å². The zero-order valence-electron chi connectivity index (χ0n) is 17.2. The summed E-state index contributed by atoms with van der Waals surface area (Å²) in [5.74, 6) is 5.09. The molecule has 5 aliphatic rings. The average molecular weight is 374 g/mol. The van der Waals surface area contributed by atoms with Crippen LogP contribution in [0.3, 0.4) is 0 Å². The van der Waals surface area contributed by atoms with Crippen LogP contribution in [0.5, 0.6) is 0 Å². The zero-order chi connectivity index (χ0) is 18.6. The molecule has 0 aromatic heterocycles. The van der Waals surface area contributed by atoms with Crippen LogP contribution in [0.2, 0.25) is 0 Å². The van der Waals surface area contributed by atoms with E-state index in [0.29, 0.717) is 11.7 Å². The molecule has 0 spiro atoms. The van der Waals surface area contributed by atoms with Gasteiger partial charge in [-0.1, -0.05) is 6.92 Å². The lowest BCUT2D eigenvalue weighted by Crippen LogP contribution is -2.50. The summed E-state index contributed by atoms with van der Waals surface area (Å²) < 4.78 is 0. The van der Waals surface area contributed by atoms with E-state index in [1.165, 1.54) is 51.4 Å². The fourth-order valence-electron chi connectivity index (χ4n) is 8.63. The molecule has 4 saturated carbocycles. The topological polar surface area (TPSA) is 40.5 Å². The van der Waals surface area contributed by atoms with Crippen LogP contribution in [0.1, 0.15) is 77.6 Å². The van der Waals surface area contributed by atoms with Gasteiger partial charge in [0.1, 0.15) is 5.78 Å². The van der Waals surface area contributed by atoms with Gasteiger partial charge in [0.05, 0.1) is 12.6 Å². The number of hydrogen-bond acceptors (Lipinski definition) is 3. The SMILES string of the molecule is CC12CCC3C4CCC(O)CC4CCC3C1CCC2C(=O)CN1CCCC1. The van der Waals surface area contributed by atoms with Crippen LogP contribution in [0, 0.1) is 40.9 Å². The molecule has 5 fully saturated rings. The third kappa shape index (κ3) is 3.12. The monoisotopic (exact) mass is 373 g/mol. The largest absolute Gasteiger partial charge is 0.393 e. The number of rotatable bonds is 3. The first-order valence-corrected chi connectivity index (χ1v) is 12.0. The molecule has 5 rings (SSSR count). The molecule has 0 radical (unpaired) electrons. The Labute approximate surface area is 165 Å². The lowest BCUT2D eigenvalue weighted by Gasteiger charge is -2.56. The zero-order valence-corrected chi connectivity index (χ0v) is 17.2. The van der Waals surface area contributed by atoms with E-state index in [2.05, 4.69) is 11.8 Å². The second-order valence-corrected chi connectivity index (χ2v) is 11.0. The summed E-state index contributed by atoms with van der Waals surface area (Å²) in [7, 11) is 0. The Morgan fingerprint density at radius 2 is 1.74 bits per heavy atom. The summed E-state index contributed by atoms with van der Waals surface area (Å²) in [5, 5.41) is 10.1. The Hall–Kier alpha value is -0.410. The van der Waals surface area contributed by atoms with Crippen molar-refractivity contribution in [1.82, 2.24) is 4.90 Å². The van der Waals surface area contributed by atoms with Gasteiger partial charge in [0.25, 0.3) is 0 Å². The van der Waals surface area contributed by atoms with Crippen LogP contribution in [-0.2, 0) is 4.79 Å². The van der Waals surface area contributed by atoms with Crippen LogP contribution >= 0.6 is 0 Å². The molecule has 4 aliphatic carbocycles. The van der Waals surface area contributed by atoms with E-state index >= 15 is 0 Å². The first kappa shape index (κ1) is 18.6. The number of ketones is 1. The predicted octanol–water partition coefficient (Wildman–Crippen LogP) is 4.28. The lowest BCUT2D eigenvalue weighted by molar-refractivity contribution is -0.131. The Kier molecular flexibility index (Phi) is 4.91. The number of hydrogen-bond donors (Lipinski definition) is 1. The van der Waals surface area contributed by atoms with Crippen molar-refractivity contribution in [3.05, 3.63) is 0 Å². The highest BCUT2D eigenvalue weighted by atomic mass is 16.3. The molecule has 8 atom stereocenters. The summed E-state index contributed by atoms with van der Waals surface area (Å²) >= 11 is 0. The van der Waals surface area contributed by atoms with Crippen molar-refractivity contribution in [1.29, 1.82) is 0 Å². The average Bonchev–Trinajstić information content (AvgIpc) is 3.28. The number of nitrogens with zero attached hydrogens (tertiary/aromatic N) is 1. The number of likely N-dealkylation sites (tertiary alicyclic amines) is 1. The van der Waals surface area contributed by atoms with E-state index in [-0.39, 0.29) is 11.5 Å². The Bertz CT molecular complexity index is 571. The van der Waals surface area contributed by atoms with Gasteiger partial charge in [-0.3, -0.25) is 9.69 Å². The summed E-state index contributed by atoms with van der Waals surface area (Å²) in [6.07, 6.45) is 13.7. The van der Waals surface area contributed by atoms with E-state index in [1.807, 2.05) is 0 Å². The minimum atomic E-state index is -0.0317. The maximum atomic E-state index is 13.2. The highest BCUT2D eigenvalue weighted by Gasteiger charge is 2.58. The van der Waals surface area contributed by atoms with Gasteiger partial charge in [0, 0.05) is 5.92 Å². The summed E-state index contributed by atoms with van der Waals surface area (Å²) in [4.78, 5) is 15.6. The number of carbonyl (C=O) groups excluding carboxylic acids is 1. The predicted molar refractivity (Wildman–Crippen MR) is 107 cm³/mol.